The average Bonchev–Trinajstić information content (AvgIpc) is 2.39. The molecule has 1 saturated heterocycles. The van der Waals surface area contributed by atoms with Crippen LogP contribution in [-0.2, 0) is 0 Å². The van der Waals surface area contributed by atoms with Crippen molar-refractivity contribution in [3.8, 4) is 0 Å². The lowest BCUT2D eigenvalue weighted by Gasteiger charge is -2.38. The highest BCUT2D eigenvalue weighted by molar-refractivity contribution is 9.09. The summed E-state index contributed by atoms with van der Waals surface area (Å²) in [6.07, 6.45) is 2.71. The first-order chi connectivity index (χ1) is 8.70. The maximum Gasteiger partial charge on any atom is 0.0112 e. The van der Waals surface area contributed by atoms with Crippen molar-refractivity contribution in [3.05, 3.63) is 35.9 Å². The Labute approximate surface area is 120 Å². The molecule has 0 saturated carbocycles. The van der Waals surface area contributed by atoms with Crippen molar-refractivity contribution in [2.45, 2.75) is 38.6 Å². The summed E-state index contributed by atoms with van der Waals surface area (Å²) in [4.78, 5) is 2.67. The first kappa shape index (κ1) is 14.1. The van der Waals surface area contributed by atoms with Crippen LogP contribution >= 0.6 is 15.9 Å². The van der Waals surface area contributed by atoms with Gasteiger partial charge in [0.15, 0.2) is 0 Å². The molecule has 2 rings (SSSR count). The minimum absolute atomic E-state index is 0.613. The number of alkyl halides is 1. The molecule has 1 aromatic carbocycles. The Morgan fingerprint density at radius 2 is 2.00 bits per heavy atom. The van der Waals surface area contributed by atoms with Crippen molar-refractivity contribution >= 4 is 15.9 Å². The van der Waals surface area contributed by atoms with Gasteiger partial charge in [-0.3, -0.25) is 0 Å². The predicted molar refractivity (Wildman–Crippen MR) is 82.4 cm³/mol. The molecule has 0 radical (unpaired) electrons. The lowest BCUT2D eigenvalue weighted by atomic mass is 9.91. The van der Waals surface area contributed by atoms with Gasteiger partial charge in [-0.05, 0) is 37.8 Å². The Balaban J connectivity index is 1.98. The Hall–Kier alpha value is -0.340. The molecule has 0 N–H and O–H groups in total. The second-order valence-electron chi connectivity index (χ2n) is 5.74. The molecule has 1 aliphatic rings. The fourth-order valence-electron chi connectivity index (χ4n) is 2.98. The average molecular weight is 310 g/mol. The van der Waals surface area contributed by atoms with Crippen LogP contribution in [0.5, 0.6) is 0 Å². The fraction of sp³-hybridized carbons (Fsp3) is 0.625. The Morgan fingerprint density at radius 3 is 2.61 bits per heavy atom. The fourth-order valence-corrected chi connectivity index (χ4v) is 3.56. The summed E-state index contributed by atoms with van der Waals surface area (Å²) in [5.41, 5.74) is 1.46. The summed E-state index contributed by atoms with van der Waals surface area (Å²) in [6, 6.07) is 11.6. The van der Waals surface area contributed by atoms with E-state index in [-0.39, 0.29) is 0 Å². The van der Waals surface area contributed by atoms with Gasteiger partial charge >= 0.3 is 0 Å². The molecule has 0 amide bonds. The molecular weight excluding hydrogens is 286 g/mol. The number of piperidine rings is 1. The van der Waals surface area contributed by atoms with Crippen molar-refractivity contribution in [1.29, 1.82) is 0 Å². The number of benzene rings is 1. The molecule has 3 unspecified atom stereocenters. The molecule has 0 spiro atoms. The third kappa shape index (κ3) is 3.58. The number of nitrogens with zero attached hydrogens (tertiary/aromatic N) is 1. The Morgan fingerprint density at radius 1 is 1.28 bits per heavy atom. The molecular formula is C16H24BrN. The summed E-state index contributed by atoms with van der Waals surface area (Å²) in [5.74, 6) is 1.51. The normalized spacial score (nSPS) is 27.1. The Bertz CT molecular complexity index is 351. The van der Waals surface area contributed by atoms with Gasteiger partial charge in [0, 0.05) is 23.8 Å². The smallest absolute Gasteiger partial charge is 0.0112 e. The van der Waals surface area contributed by atoms with E-state index in [1.54, 1.807) is 0 Å². The number of hydrogen-bond donors (Lipinski definition) is 0. The quantitative estimate of drug-likeness (QED) is 0.750. The summed E-state index contributed by atoms with van der Waals surface area (Å²) >= 11 is 3.68. The van der Waals surface area contributed by atoms with Gasteiger partial charge in [0.05, 0.1) is 0 Å². The molecule has 1 aromatic rings. The molecule has 1 aliphatic heterocycles. The van der Waals surface area contributed by atoms with E-state index >= 15 is 0 Å². The maximum atomic E-state index is 3.68. The third-order valence-corrected chi connectivity index (χ3v) is 4.97. The van der Waals surface area contributed by atoms with E-state index in [4.69, 9.17) is 0 Å². The van der Waals surface area contributed by atoms with Gasteiger partial charge in [-0.25, -0.2) is 0 Å². The zero-order chi connectivity index (χ0) is 13.0. The van der Waals surface area contributed by atoms with Crippen LogP contribution in [-0.4, -0.2) is 29.4 Å². The molecule has 18 heavy (non-hydrogen) atoms. The highest BCUT2D eigenvalue weighted by Crippen LogP contribution is 2.26. The molecule has 100 valence electrons. The van der Waals surface area contributed by atoms with Crippen molar-refractivity contribution in [1.82, 2.24) is 4.90 Å². The van der Waals surface area contributed by atoms with Crippen LogP contribution in [0.15, 0.2) is 30.3 Å². The van der Waals surface area contributed by atoms with Crippen molar-refractivity contribution in [2.75, 3.05) is 18.4 Å². The van der Waals surface area contributed by atoms with Gasteiger partial charge in [0.1, 0.15) is 0 Å². The van der Waals surface area contributed by atoms with E-state index in [1.807, 2.05) is 0 Å². The van der Waals surface area contributed by atoms with E-state index in [0.717, 1.165) is 17.3 Å². The van der Waals surface area contributed by atoms with Gasteiger partial charge in [-0.2, -0.15) is 0 Å². The van der Waals surface area contributed by atoms with Gasteiger partial charge in [0.25, 0.3) is 0 Å². The summed E-state index contributed by atoms with van der Waals surface area (Å²) in [6.45, 7) is 7.21. The summed E-state index contributed by atoms with van der Waals surface area (Å²) < 4.78 is 0. The minimum atomic E-state index is 0.613. The van der Waals surface area contributed by atoms with Crippen LogP contribution in [0.25, 0.3) is 0 Å². The standard InChI is InChI=1S/C16H24BrN/c1-13-8-9-18(14(2)10-13)12-16(11-17)15-6-4-3-5-7-15/h3-7,13-14,16H,8-12H2,1-2H3. The van der Waals surface area contributed by atoms with Gasteiger partial charge in [-0.1, -0.05) is 53.2 Å². The second kappa shape index (κ2) is 6.72. The topological polar surface area (TPSA) is 3.24 Å². The number of halogens is 1. The molecule has 1 heterocycles. The molecule has 0 bridgehead atoms. The van der Waals surface area contributed by atoms with E-state index < -0.39 is 0 Å². The molecule has 3 atom stereocenters. The minimum Gasteiger partial charge on any atom is -0.300 e. The lowest BCUT2D eigenvalue weighted by molar-refractivity contribution is 0.124. The zero-order valence-corrected chi connectivity index (χ0v) is 13.1. The predicted octanol–water partition coefficient (Wildman–Crippen LogP) is 4.29. The van der Waals surface area contributed by atoms with E-state index in [9.17, 15) is 0 Å². The summed E-state index contributed by atoms with van der Waals surface area (Å²) in [7, 11) is 0. The van der Waals surface area contributed by atoms with E-state index in [2.05, 4.69) is 65.0 Å². The largest absolute Gasteiger partial charge is 0.300 e. The zero-order valence-electron chi connectivity index (χ0n) is 11.5. The van der Waals surface area contributed by atoms with E-state index in [0.29, 0.717) is 5.92 Å². The third-order valence-electron chi connectivity index (χ3n) is 4.19. The van der Waals surface area contributed by atoms with Crippen LogP contribution in [0, 0.1) is 5.92 Å². The van der Waals surface area contributed by atoms with Crippen molar-refractivity contribution < 1.29 is 0 Å². The Kier molecular flexibility index (Phi) is 5.25. The summed E-state index contributed by atoms with van der Waals surface area (Å²) in [5, 5.41) is 1.05. The monoisotopic (exact) mass is 309 g/mol. The van der Waals surface area contributed by atoms with Gasteiger partial charge < -0.3 is 4.90 Å². The molecule has 0 aromatic heterocycles. The van der Waals surface area contributed by atoms with Crippen LogP contribution in [0.3, 0.4) is 0 Å². The highest BCUT2D eigenvalue weighted by Gasteiger charge is 2.25. The number of rotatable bonds is 4. The number of likely N-dealkylation sites (tertiary alicyclic amines) is 1. The van der Waals surface area contributed by atoms with Crippen LogP contribution in [0.4, 0.5) is 0 Å². The second-order valence-corrected chi connectivity index (χ2v) is 6.38. The van der Waals surface area contributed by atoms with Crippen molar-refractivity contribution in [3.63, 3.8) is 0 Å². The highest BCUT2D eigenvalue weighted by atomic mass is 79.9. The van der Waals surface area contributed by atoms with E-state index in [1.165, 1.54) is 31.5 Å². The lowest BCUT2D eigenvalue weighted by Crippen LogP contribution is -2.42. The molecule has 2 heteroatoms. The maximum absolute atomic E-state index is 3.68. The molecule has 0 aliphatic carbocycles. The first-order valence-electron chi connectivity index (χ1n) is 7.05. The number of hydrogen-bond acceptors (Lipinski definition) is 1. The van der Waals surface area contributed by atoms with Gasteiger partial charge in [-0.15, -0.1) is 0 Å². The molecule has 1 fully saturated rings. The van der Waals surface area contributed by atoms with Crippen LogP contribution in [0.2, 0.25) is 0 Å². The van der Waals surface area contributed by atoms with Crippen molar-refractivity contribution in [2.24, 2.45) is 5.92 Å². The molecule has 1 nitrogen and oxygen atoms in total. The first-order valence-corrected chi connectivity index (χ1v) is 8.17. The SMILES string of the molecule is CC1CCN(CC(CBr)c2ccccc2)C(C)C1. The van der Waals surface area contributed by atoms with Gasteiger partial charge in [0.2, 0.25) is 0 Å². The van der Waals surface area contributed by atoms with Crippen LogP contribution < -0.4 is 0 Å². The van der Waals surface area contributed by atoms with Crippen LogP contribution in [0.1, 0.15) is 38.2 Å².